The Morgan fingerprint density at radius 3 is 2.75 bits per heavy atom. The van der Waals surface area contributed by atoms with Gasteiger partial charge in [0.1, 0.15) is 0 Å². The smallest absolute Gasteiger partial charge is 0.224 e. The number of carbonyl (C=O) groups is 1. The molecule has 1 atom stereocenters. The minimum Gasteiger partial charge on any atom is -0.358 e. The van der Waals surface area contributed by atoms with Gasteiger partial charge in [0.2, 0.25) is 5.91 Å². The van der Waals surface area contributed by atoms with Crippen LogP contribution in [0.4, 0.5) is 0 Å². The van der Waals surface area contributed by atoms with Gasteiger partial charge >= 0.3 is 0 Å². The van der Waals surface area contributed by atoms with Crippen LogP contribution >= 0.6 is 11.3 Å². The van der Waals surface area contributed by atoms with Crippen LogP contribution in [0.3, 0.4) is 0 Å². The predicted octanol–water partition coefficient (Wildman–Crippen LogP) is 4.44. The summed E-state index contributed by atoms with van der Waals surface area (Å²) >= 11 is 1.73. The lowest BCUT2D eigenvalue weighted by Crippen LogP contribution is -2.35. The van der Waals surface area contributed by atoms with Crippen molar-refractivity contribution >= 4 is 28.1 Å². The standard InChI is InChI=1S/C20H24N2OS/c1-12-7-8-17-18(15(4)22-20(17)14(12)3)11-19(23)21-13(2)10-16-6-5-9-24-16/h5-9,13,22H,10-11H2,1-4H3,(H,21,23)/t13-/m0/s1. The van der Waals surface area contributed by atoms with Crippen molar-refractivity contribution < 1.29 is 4.79 Å². The van der Waals surface area contributed by atoms with Gasteiger partial charge in [0.05, 0.1) is 6.42 Å². The van der Waals surface area contributed by atoms with Crippen molar-refractivity contribution in [2.45, 2.75) is 46.6 Å². The van der Waals surface area contributed by atoms with E-state index in [9.17, 15) is 4.79 Å². The lowest BCUT2D eigenvalue weighted by atomic mass is 10.0. The first-order chi connectivity index (χ1) is 11.5. The van der Waals surface area contributed by atoms with Crippen molar-refractivity contribution in [2.75, 3.05) is 0 Å². The van der Waals surface area contributed by atoms with Gasteiger partial charge in [-0.3, -0.25) is 4.79 Å². The zero-order valence-corrected chi connectivity index (χ0v) is 15.5. The van der Waals surface area contributed by atoms with E-state index in [1.165, 1.54) is 16.0 Å². The number of benzene rings is 1. The first-order valence-corrected chi connectivity index (χ1v) is 9.22. The van der Waals surface area contributed by atoms with Gasteiger partial charge in [-0.1, -0.05) is 18.2 Å². The minimum absolute atomic E-state index is 0.0845. The van der Waals surface area contributed by atoms with Crippen LogP contribution in [0.15, 0.2) is 29.6 Å². The zero-order valence-electron chi connectivity index (χ0n) is 14.7. The molecule has 2 N–H and O–H groups in total. The molecule has 2 aromatic heterocycles. The predicted molar refractivity (Wildman–Crippen MR) is 102 cm³/mol. The minimum atomic E-state index is 0.0845. The third kappa shape index (κ3) is 3.39. The lowest BCUT2D eigenvalue weighted by molar-refractivity contribution is -0.121. The summed E-state index contributed by atoms with van der Waals surface area (Å²) in [4.78, 5) is 17.2. The number of amides is 1. The molecule has 24 heavy (non-hydrogen) atoms. The summed E-state index contributed by atoms with van der Waals surface area (Å²) in [5, 5.41) is 6.36. The highest BCUT2D eigenvalue weighted by atomic mass is 32.1. The Labute approximate surface area is 147 Å². The molecule has 0 saturated carbocycles. The van der Waals surface area contributed by atoms with Crippen molar-refractivity contribution in [2.24, 2.45) is 0 Å². The van der Waals surface area contributed by atoms with Crippen LogP contribution in [0, 0.1) is 20.8 Å². The molecule has 0 aliphatic heterocycles. The van der Waals surface area contributed by atoms with Gasteiger partial charge in [-0.2, -0.15) is 0 Å². The van der Waals surface area contributed by atoms with Gasteiger partial charge in [0.15, 0.2) is 0 Å². The van der Waals surface area contributed by atoms with Gasteiger partial charge in [0.25, 0.3) is 0 Å². The molecular formula is C20H24N2OS. The molecule has 0 fully saturated rings. The average molecular weight is 340 g/mol. The average Bonchev–Trinajstić information content (AvgIpc) is 3.12. The molecule has 0 saturated heterocycles. The van der Waals surface area contributed by atoms with E-state index in [-0.39, 0.29) is 11.9 Å². The molecule has 2 heterocycles. The van der Waals surface area contributed by atoms with E-state index in [0.29, 0.717) is 6.42 Å². The Bertz CT molecular complexity index is 862. The molecule has 3 aromatic rings. The zero-order chi connectivity index (χ0) is 17.3. The fraction of sp³-hybridized carbons (Fsp3) is 0.350. The second-order valence-electron chi connectivity index (χ2n) is 6.59. The number of fused-ring (bicyclic) bond motifs is 1. The summed E-state index contributed by atoms with van der Waals surface area (Å²) < 4.78 is 0. The molecule has 3 nitrogen and oxygen atoms in total. The molecule has 126 valence electrons. The molecule has 4 heteroatoms. The maximum atomic E-state index is 12.5. The molecule has 0 spiro atoms. The SMILES string of the molecule is Cc1ccc2c(CC(=O)N[C@@H](C)Cc3cccs3)c(C)[nH]c2c1C. The number of aromatic nitrogens is 1. The van der Waals surface area contributed by atoms with Crippen molar-refractivity contribution in [3.05, 3.63) is 56.9 Å². The van der Waals surface area contributed by atoms with Crippen LogP contribution in [-0.4, -0.2) is 16.9 Å². The number of aromatic amines is 1. The third-order valence-corrected chi connectivity index (χ3v) is 5.56. The van der Waals surface area contributed by atoms with Crippen molar-refractivity contribution in [1.82, 2.24) is 10.3 Å². The normalized spacial score (nSPS) is 12.5. The fourth-order valence-electron chi connectivity index (χ4n) is 3.19. The molecule has 0 radical (unpaired) electrons. The fourth-order valence-corrected chi connectivity index (χ4v) is 4.02. The number of hydrogen-bond donors (Lipinski definition) is 2. The van der Waals surface area contributed by atoms with Gasteiger partial charge in [-0.25, -0.2) is 0 Å². The molecular weight excluding hydrogens is 316 g/mol. The lowest BCUT2D eigenvalue weighted by Gasteiger charge is -2.13. The van der Waals surface area contributed by atoms with Crippen molar-refractivity contribution in [3.8, 4) is 0 Å². The number of hydrogen-bond acceptors (Lipinski definition) is 2. The van der Waals surface area contributed by atoms with E-state index in [0.717, 1.165) is 28.6 Å². The number of thiophene rings is 1. The number of aryl methyl sites for hydroxylation is 3. The maximum Gasteiger partial charge on any atom is 0.224 e. The van der Waals surface area contributed by atoms with E-state index in [1.54, 1.807) is 11.3 Å². The largest absolute Gasteiger partial charge is 0.358 e. The van der Waals surface area contributed by atoms with Crippen molar-refractivity contribution in [1.29, 1.82) is 0 Å². The summed E-state index contributed by atoms with van der Waals surface area (Å²) in [7, 11) is 0. The Balaban J connectivity index is 1.73. The Morgan fingerprint density at radius 1 is 1.25 bits per heavy atom. The van der Waals surface area contributed by atoms with Crippen LogP contribution < -0.4 is 5.32 Å². The van der Waals surface area contributed by atoms with E-state index >= 15 is 0 Å². The number of carbonyl (C=O) groups excluding carboxylic acids is 1. The van der Waals surface area contributed by atoms with Crippen LogP contribution in [0.2, 0.25) is 0 Å². The topological polar surface area (TPSA) is 44.9 Å². The second kappa shape index (κ2) is 6.81. The van der Waals surface area contributed by atoms with Gasteiger partial charge in [0, 0.05) is 33.9 Å². The number of rotatable bonds is 5. The van der Waals surface area contributed by atoms with E-state index < -0.39 is 0 Å². The van der Waals surface area contributed by atoms with Gasteiger partial charge in [-0.15, -0.1) is 11.3 Å². The van der Waals surface area contributed by atoms with Crippen LogP contribution in [0.25, 0.3) is 10.9 Å². The number of nitrogens with one attached hydrogen (secondary N) is 2. The molecule has 0 aliphatic rings. The van der Waals surface area contributed by atoms with Gasteiger partial charge < -0.3 is 10.3 Å². The Kier molecular flexibility index (Phi) is 4.76. The maximum absolute atomic E-state index is 12.5. The summed E-state index contributed by atoms with van der Waals surface area (Å²) in [5.41, 5.74) is 5.87. The monoisotopic (exact) mass is 340 g/mol. The molecule has 3 rings (SSSR count). The molecule has 0 aliphatic carbocycles. The molecule has 0 bridgehead atoms. The highest BCUT2D eigenvalue weighted by Crippen LogP contribution is 2.27. The first kappa shape index (κ1) is 16.8. The van der Waals surface area contributed by atoms with Crippen molar-refractivity contribution in [3.63, 3.8) is 0 Å². The summed E-state index contributed by atoms with van der Waals surface area (Å²) in [6, 6.07) is 8.56. The number of H-pyrrole nitrogens is 1. The highest BCUT2D eigenvalue weighted by Gasteiger charge is 2.16. The van der Waals surface area contributed by atoms with E-state index in [2.05, 4.69) is 54.7 Å². The summed E-state index contributed by atoms with van der Waals surface area (Å²) in [6.07, 6.45) is 1.30. The van der Waals surface area contributed by atoms with E-state index in [1.807, 2.05) is 13.0 Å². The second-order valence-corrected chi connectivity index (χ2v) is 7.62. The molecule has 1 aromatic carbocycles. The summed E-state index contributed by atoms with van der Waals surface area (Å²) in [5.74, 6) is 0.0845. The third-order valence-electron chi connectivity index (χ3n) is 4.66. The van der Waals surface area contributed by atoms with Crippen LogP contribution in [-0.2, 0) is 17.6 Å². The molecule has 0 unspecified atom stereocenters. The van der Waals surface area contributed by atoms with E-state index in [4.69, 9.17) is 0 Å². The van der Waals surface area contributed by atoms with Crippen LogP contribution in [0.5, 0.6) is 0 Å². The Morgan fingerprint density at radius 2 is 2.04 bits per heavy atom. The first-order valence-electron chi connectivity index (χ1n) is 8.34. The quantitative estimate of drug-likeness (QED) is 0.708. The van der Waals surface area contributed by atoms with Gasteiger partial charge in [-0.05, 0) is 55.8 Å². The van der Waals surface area contributed by atoms with Crippen LogP contribution in [0.1, 0.15) is 34.2 Å². The Hall–Kier alpha value is -2.07. The highest BCUT2D eigenvalue weighted by molar-refractivity contribution is 7.09. The summed E-state index contributed by atoms with van der Waals surface area (Å²) in [6.45, 7) is 8.35. The molecule has 1 amide bonds.